The van der Waals surface area contributed by atoms with E-state index in [0.29, 0.717) is 12.0 Å². The third kappa shape index (κ3) is 1.73. The molecule has 3 heteroatoms. The van der Waals surface area contributed by atoms with Crippen LogP contribution in [-0.2, 0) is 4.79 Å². The Kier molecular flexibility index (Phi) is 1.91. The Balaban J connectivity index is 2.15. The van der Waals surface area contributed by atoms with Gasteiger partial charge in [-0.25, -0.2) is 0 Å². The predicted octanol–water partition coefficient (Wildman–Crippen LogP) is 0.425. The van der Waals surface area contributed by atoms with E-state index < -0.39 is 0 Å². The zero-order valence-electron chi connectivity index (χ0n) is 5.92. The van der Waals surface area contributed by atoms with Gasteiger partial charge < -0.3 is 5.32 Å². The normalized spacial score (nSPS) is 28.8. The van der Waals surface area contributed by atoms with Crippen LogP contribution in [-0.4, -0.2) is 11.9 Å². The summed E-state index contributed by atoms with van der Waals surface area (Å²) >= 11 is 0. The molecule has 0 heterocycles. The van der Waals surface area contributed by atoms with Crippen molar-refractivity contribution in [2.24, 2.45) is 5.92 Å². The van der Waals surface area contributed by atoms with E-state index in [0.717, 1.165) is 6.42 Å². The molecular formula is C7H10N2O. The molecule has 1 rings (SSSR count). The van der Waals surface area contributed by atoms with Crippen molar-refractivity contribution in [1.29, 1.82) is 5.26 Å². The minimum Gasteiger partial charge on any atom is -0.352 e. The molecule has 0 spiro atoms. The van der Waals surface area contributed by atoms with Crippen molar-refractivity contribution in [3.8, 4) is 6.07 Å². The molecule has 0 aliphatic heterocycles. The van der Waals surface area contributed by atoms with Crippen LogP contribution in [0.5, 0.6) is 0 Å². The van der Waals surface area contributed by atoms with Crippen LogP contribution in [0.25, 0.3) is 0 Å². The molecule has 1 N–H and O–H groups in total. The Bertz CT molecular complexity index is 183. The van der Waals surface area contributed by atoms with E-state index in [9.17, 15) is 4.79 Å². The summed E-state index contributed by atoms with van der Waals surface area (Å²) in [5.74, 6) is 0.472. The summed E-state index contributed by atoms with van der Waals surface area (Å²) in [5, 5.41) is 10.9. The topological polar surface area (TPSA) is 52.9 Å². The van der Waals surface area contributed by atoms with Crippen LogP contribution in [0.15, 0.2) is 0 Å². The highest BCUT2D eigenvalue weighted by atomic mass is 16.1. The average molecular weight is 138 g/mol. The first-order valence-electron chi connectivity index (χ1n) is 3.40. The second-order valence-electron chi connectivity index (χ2n) is 2.72. The van der Waals surface area contributed by atoms with Gasteiger partial charge in [0, 0.05) is 6.04 Å². The SMILES string of the molecule is CC1CC1NC(=O)CC#N. The summed E-state index contributed by atoms with van der Waals surface area (Å²) in [5.41, 5.74) is 0. The van der Waals surface area contributed by atoms with Crippen LogP contribution in [0.2, 0.25) is 0 Å². The summed E-state index contributed by atoms with van der Waals surface area (Å²) in [4.78, 5) is 10.7. The predicted molar refractivity (Wildman–Crippen MR) is 35.9 cm³/mol. The quantitative estimate of drug-likeness (QED) is 0.601. The van der Waals surface area contributed by atoms with Gasteiger partial charge in [-0.3, -0.25) is 4.79 Å². The minimum absolute atomic E-state index is 0.0107. The maximum atomic E-state index is 10.7. The lowest BCUT2D eigenvalue weighted by Crippen LogP contribution is -2.25. The van der Waals surface area contributed by atoms with E-state index in [-0.39, 0.29) is 12.3 Å². The second-order valence-corrected chi connectivity index (χ2v) is 2.72. The van der Waals surface area contributed by atoms with E-state index >= 15 is 0 Å². The average Bonchev–Trinajstić information content (AvgIpc) is 2.47. The van der Waals surface area contributed by atoms with E-state index in [1.165, 1.54) is 0 Å². The van der Waals surface area contributed by atoms with Crippen molar-refractivity contribution in [2.75, 3.05) is 0 Å². The molecular weight excluding hydrogens is 128 g/mol. The van der Waals surface area contributed by atoms with E-state index in [1.807, 2.05) is 0 Å². The molecule has 1 amide bonds. The highest BCUT2D eigenvalue weighted by Gasteiger charge is 2.33. The van der Waals surface area contributed by atoms with Crippen LogP contribution in [0.3, 0.4) is 0 Å². The fourth-order valence-electron chi connectivity index (χ4n) is 0.853. The molecule has 1 aliphatic rings. The molecule has 0 radical (unpaired) electrons. The largest absolute Gasteiger partial charge is 0.352 e. The van der Waals surface area contributed by atoms with Gasteiger partial charge in [0.2, 0.25) is 5.91 Å². The number of nitrogens with zero attached hydrogens (tertiary/aromatic N) is 1. The van der Waals surface area contributed by atoms with Gasteiger partial charge >= 0.3 is 0 Å². The molecule has 0 aromatic carbocycles. The van der Waals surface area contributed by atoms with Crippen molar-refractivity contribution in [1.82, 2.24) is 5.32 Å². The monoisotopic (exact) mass is 138 g/mol. The summed E-state index contributed by atoms with van der Waals surface area (Å²) < 4.78 is 0. The van der Waals surface area contributed by atoms with Crippen molar-refractivity contribution in [3.05, 3.63) is 0 Å². The lowest BCUT2D eigenvalue weighted by atomic mass is 10.4. The number of nitriles is 1. The van der Waals surface area contributed by atoms with Gasteiger partial charge in [-0.15, -0.1) is 0 Å². The first-order chi connectivity index (χ1) is 4.74. The molecule has 1 aliphatic carbocycles. The number of hydrogen-bond acceptors (Lipinski definition) is 2. The molecule has 0 saturated heterocycles. The molecule has 2 unspecified atom stereocenters. The molecule has 1 fully saturated rings. The Morgan fingerprint density at radius 1 is 1.90 bits per heavy atom. The number of hydrogen-bond donors (Lipinski definition) is 1. The molecule has 10 heavy (non-hydrogen) atoms. The molecule has 0 bridgehead atoms. The fraction of sp³-hybridized carbons (Fsp3) is 0.714. The number of nitrogens with one attached hydrogen (secondary N) is 1. The van der Waals surface area contributed by atoms with Gasteiger partial charge in [0.1, 0.15) is 6.42 Å². The highest BCUT2D eigenvalue weighted by molar-refractivity contribution is 5.78. The van der Waals surface area contributed by atoms with Crippen molar-refractivity contribution >= 4 is 5.91 Å². The summed E-state index contributed by atoms with van der Waals surface area (Å²) in [6, 6.07) is 2.15. The molecule has 54 valence electrons. The smallest absolute Gasteiger partial charge is 0.234 e. The maximum absolute atomic E-state index is 10.7. The Morgan fingerprint density at radius 2 is 2.50 bits per heavy atom. The molecule has 1 saturated carbocycles. The number of carbonyl (C=O) groups is 1. The molecule has 2 atom stereocenters. The Hall–Kier alpha value is -1.04. The first kappa shape index (κ1) is 7.07. The third-order valence-electron chi connectivity index (χ3n) is 1.70. The lowest BCUT2D eigenvalue weighted by Gasteiger charge is -1.97. The zero-order valence-corrected chi connectivity index (χ0v) is 5.92. The Labute approximate surface area is 60.0 Å². The van der Waals surface area contributed by atoms with Gasteiger partial charge in [0.25, 0.3) is 0 Å². The van der Waals surface area contributed by atoms with Crippen molar-refractivity contribution < 1.29 is 4.79 Å². The number of rotatable bonds is 2. The number of carbonyl (C=O) groups excluding carboxylic acids is 1. The van der Waals surface area contributed by atoms with E-state index in [2.05, 4.69) is 12.2 Å². The van der Waals surface area contributed by atoms with E-state index in [4.69, 9.17) is 5.26 Å². The molecule has 0 aromatic heterocycles. The van der Waals surface area contributed by atoms with Crippen LogP contribution in [0.1, 0.15) is 19.8 Å². The van der Waals surface area contributed by atoms with Crippen LogP contribution >= 0.6 is 0 Å². The molecule has 0 aromatic rings. The second kappa shape index (κ2) is 2.70. The summed E-state index contributed by atoms with van der Waals surface area (Å²) in [6.45, 7) is 2.08. The Morgan fingerprint density at radius 3 is 2.90 bits per heavy atom. The van der Waals surface area contributed by atoms with Crippen LogP contribution in [0, 0.1) is 17.2 Å². The maximum Gasteiger partial charge on any atom is 0.234 e. The van der Waals surface area contributed by atoms with Crippen LogP contribution < -0.4 is 5.32 Å². The molecule has 3 nitrogen and oxygen atoms in total. The highest BCUT2D eigenvalue weighted by Crippen LogP contribution is 2.28. The van der Waals surface area contributed by atoms with Gasteiger partial charge in [0.05, 0.1) is 6.07 Å². The van der Waals surface area contributed by atoms with Gasteiger partial charge in [0.15, 0.2) is 0 Å². The fourth-order valence-corrected chi connectivity index (χ4v) is 0.853. The summed E-state index contributed by atoms with van der Waals surface area (Å²) in [7, 11) is 0. The minimum atomic E-state index is -0.142. The van der Waals surface area contributed by atoms with Crippen LogP contribution in [0.4, 0.5) is 0 Å². The van der Waals surface area contributed by atoms with Gasteiger partial charge in [-0.1, -0.05) is 6.92 Å². The lowest BCUT2D eigenvalue weighted by molar-refractivity contribution is -0.120. The van der Waals surface area contributed by atoms with Crippen molar-refractivity contribution in [3.63, 3.8) is 0 Å². The van der Waals surface area contributed by atoms with Gasteiger partial charge in [-0.2, -0.15) is 5.26 Å². The van der Waals surface area contributed by atoms with E-state index in [1.54, 1.807) is 6.07 Å². The third-order valence-corrected chi connectivity index (χ3v) is 1.70. The van der Waals surface area contributed by atoms with Gasteiger partial charge in [-0.05, 0) is 12.3 Å². The first-order valence-corrected chi connectivity index (χ1v) is 3.40. The number of amides is 1. The summed E-state index contributed by atoms with van der Waals surface area (Å²) in [6.07, 6.45) is 1.06. The zero-order chi connectivity index (χ0) is 7.56. The van der Waals surface area contributed by atoms with Crippen molar-refractivity contribution in [2.45, 2.75) is 25.8 Å². The standard InChI is InChI=1S/C7H10N2O/c1-5-4-6(5)9-7(10)2-3-8/h5-6H,2,4H2,1H3,(H,9,10).